The number of amides is 2. The molecule has 0 bridgehead atoms. The highest BCUT2D eigenvalue weighted by Gasteiger charge is 2.22. The standard InChI is InChI=1S/C21H24ClN3O2/c22-18-9-5-4-8-17(18)21(27)25-19(15-6-2-1-3-7-15)14-20(26)24-16-10-12-23-13-11-16/h1-9,16,19,23H,10-14H2,(H,24,26)(H,25,27). The van der Waals surface area contributed by atoms with Gasteiger partial charge in [0.2, 0.25) is 5.91 Å². The normalized spacial score (nSPS) is 15.7. The molecule has 6 heteroatoms. The number of rotatable bonds is 6. The lowest BCUT2D eigenvalue weighted by atomic mass is 10.0. The van der Waals surface area contributed by atoms with Crippen LogP contribution in [-0.2, 0) is 4.79 Å². The van der Waals surface area contributed by atoms with Crippen molar-refractivity contribution in [1.29, 1.82) is 0 Å². The van der Waals surface area contributed by atoms with Crippen LogP contribution in [0, 0.1) is 0 Å². The molecule has 2 aromatic carbocycles. The van der Waals surface area contributed by atoms with Gasteiger partial charge in [-0.1, -0.05) is 54.1 Å². The second-order valence-electron chi connectivity index (χ2n) is 6.71. The van der Waals surface area contributed by atoms with E-state index in [2.05, 4.69) is 16.0 Å². The zero-order valence-corrected chi connectivity index (χ0v) is 15.8. The van der Waals surface area contributed by atoms with Crippen molar-refractivity contribution >= 4 is 23.4 Å². The van der Waals surface area contributed by atoms with Crippen molar-refractivity contribution in [3.05, 3.63) is 70.7 Å². The highest BCUT2D eigenvalue weighted by atomic mass is 35.5. The molecule has 27 heavy (non-hydrogen) atoms. The zero-order chi connectivity index (χ0) is 19.1. The molecule has 3 rings (SSSR count). The van der Waals surface area contributed by atoms with Crippen molar-refractivity contribution < 1.29 is 9.59 Å². The van der Waals surface area contributed by atoms with E-state index in [1.54, 1.807) is 24.3 Å². The first-order valence-corrected chi connectivity index (χ1v) is 9.61. The van der Waals surface area contributed by atoms with Crippen LogP contribution in [0.2, 0.25) is 5.02 Å². The van der Waals surface area contributed by atoms with E-state index in [0.717, 1.165) is 31.5 Å². The minimum Gasteiger partial charge on any atom is -0.353 e. The maximum atomic E-state index is 12.7. The van der Waals surface area contributed by atoms with Crippen LogP contribution in [0.1, 0.15) is 41.2 Å². The third-order valence-corrected chi connectivity index (χ3v) is 5.05. The second-order valence-corrected chi connectivity index (χ2v) is 7.12. The maximum Gasteiger partial charge on any atom is 0.253 e. The number of carbonyl (C=O) groups excluding carboxylic acids is 2. The van der Waals surface area contributed by atoms with Gasteiger partial charge in [0.1, 0.15) is 0 Å². The molecule has 0 saturated carbocycles. The number of piperidine rings is 1. The van der Waals surface area contributed by atoms with Crippen molar-refractivity contribution in [1.82, 2.24) is 16.0 Å². The van der Waals surface area contributed by atoms with Crippen molar-refractivity contribution in [2.24, 2.45) is 0 Å². The van der Waals surface area contributed by atoms with E-state index in [4.69, 9.17) is 11.6 Å². The lowest BCUT2D eigenvalue weighted by Gasteiger charge is -2.25. The molecule has 0 aliphatic carbocycles. The van der Waals surface area contributed by atoms with Gasteiger partial charge in [0.25, 0.3) is 5.91 Å². The van der Waals surface area contributed by atoms with Crippen LogP contribution in [0.5, 0.6) is 0 Å². The molecule has 2 aromatic rings. The quantitative estimate of drug-likeness (QED) is 0.715. The van der Waals surface area contributed by atoms with Gasteiger partial charge >= 0.3 is 0 Å². The zero-order valence-electron chi connectivity index (χ0n) is 15.1. The number of hydrogen-bond acceptors (Lipinski definition) is 3. The largest absolute Gasteiger partial charge is 0.353 e. The summed E-state index contributed by atoms with van der Waals surface area (Å²) in [5.74, 6) is -0.348. The molecule has 1 unspecified atom stereocenters. The van der Waals surface area contributed by atoms with Gasteiger partial charge in [0.15, 0.2) is 0 Å². The Balaban J connectivity index is 1.70. The van der Waals surface area contributed by atoms with Gasteiger partial charge in [0.05, 0.1) is 23.0 Å². The Bertz CT molecular complexity index is 776. The van der Waals surface area contributed by atoms with Crippen LogP contribution in [-0.4, -0.2) is 30.9 Å². The summed E-state index contributed by atoms with van der Waals surface area (Å²) in [5, 5.41) is 9.72. The Morgan fingerprint density at radius 3 is 2.41 bits per heavy atom. The summed E-state index contributed by atoms with van der Waals surface area (Å²) in [6.45, 7) is 1.83. The Kier molecular flexibility index (Phi) is 6.85. The topological polar surface area (TPSA) is 70.2 Å². The Hall–Kier alpha value is -2.37. The molecule has 0 spiro atoms. The average molecular weight is 386 g/mol. The number of halogens is 1. The number of nitrogens with one attached hydrogen (secondary N) is 3. The van der Waals surface area contributed by atoms with Crippen molar-refractivity contribution in [3.8, 4) is 0 Å². The number of hydrogen-bond donors (Lipinski definition) is 3. The van der Waals surface area contributed by atoms with Crippen LogP contribution in [0.4, 0.5) is 0 Å². The SMILES string of the molecule is O=C(CC(NC(=O)c1ccccc1Cl)c1ccccc1)NC1CCNCC1. The third-order valence-electron chi connectivity index (χ3n) is 4.72. The van der Waals surface area contributed by atoms with Gasteiger partial charge in [-0.2, -0.15) is 0 Å². The molecule has 3 N–H and O–H groups in total. The van der Waals surface area contributed by atoms with Crippen molar-refractivity contribution in [2.45, 2.75) is 31.3 Å². The smallest absolute Gasteiger partial charge is 0.253 e. The van der Waals surface area contributed by atoms with Gasteiger partial charge in [-0.25, -0.2) is 0 Å². The second kappa shape index (κ2) is 9.53. The molecule has 0 radical (unpaired) electrons. The van der Waals surface area contributed by atoms with Crippen molar-refractivity contribution in [2.75, 3.05) is 13.1 Å². The Morgan fingerprint density at radius 2 is 1.70 bits per heavy atom. The Labute approximate surface area is 164 Å². The molecule has 1 aliphatic heterocycles. The van der Waals surface area contributed by atoms with Crippen LogP contribution in [0.15, 0.2) is 54.6 Å². The fraction of sp³-hybridized carbons (Fsp3) is 0.333. The summed E-state index contributed by atoms with van der Waals surface area (Å²) in [5.41, 5.74) is 1.29. The molecule has 1 aliphatic rings. The molecule has 142 valence electrons. The first kappa shape index (κ1) is 19.4. The molecule has 2 amide bonds. The summed E-state index contributed by atoms with van der Waals surface area (Å²) in [6.07, 6.45) is 2.03. The van der Waals surface area contributed by atoms with E-state index < -0.39 is 6.04 Å². The molecule has 1 atom stereocenters. The summed E-state index contributed by atoms with van der Waals surface area (Å²) < 4.78 is 0. The molecule has 1 heterocycles. The van der Waals surface area contributed by atoms with E-state index >= 15 is 0 Å². The third kappa shape index (κ3) is 5.55. The lowest BCUT2D eigenvalue weighted by molar-refractivity contribution is -0.122. The summed E-state index contributed by atoms with van der Waals surface area (Å²) in [7, 11) is 0. The first-order valence-electron chi connectivity index (χ1n) is 9.24. The molecule has 5 nitrogen and oxygen atoms in total. The van der Waals surface area contributed by atoms with E-state index in [1.807, 2.05) is 30.3 Å². The van der Waals surface area contributed by atoms with E-state index in [0.29, 0.717) is 10.6 Å². The molecule has 1 fully saturated rings. The van der Waals surface area contributed by atoms with Crippen LogP contribution >= 0.6 is 11.6 Å². The lowest BCUT2D eigenvalue weighted by Crippen LogP contribution is -2.44. The fourth-order valence-corrected chi connectivity index (χ4v) is 3.48. The van der Waals surface area contributed by atoms with Crippen LogP contribution in [0.25, 0.3) is 0 Å². The molecule has 1 saturated heterocycles. The maximum absolute atomic E-state index is 12.7. The molecule has 0 aromatic heterocycles. The van der Waals surface area contributed by atoms with E-state index in [-0.39, 0.29) is 24.3 Å². The van der Waals surface area contributed by atoms with E-state index in [9.17, 15) is 9.59 Å². The molecular weight excluding hydrogens is 362 g/mol. The Morgan fingerprint density at radius 1 is 1.04 bits per heavy atom. The summed E-state index contributed by atoms with van der Waals surface area (Å²) in [4.78, 5) is 25.3. The molecular formula is C21H24ClN3O2. The summed E-state index contributed by atoms with van der Waals surface area (Å²) >= 11 is 6.14. The summed E-state index contributed by atoms with van der Waals surface area (Å²) in [6, 6.07) is 16.2. The van der Waals surface area contributed by atoms with Gasteiger partial charge in [-0.15, -0.1) is 0 Å². The van der Waals surface area contributed by atoms with Gasteiger partial charge in [-0.3, -0.25) is 9.59 Å². The van der Waals surface area contributed by atoms with Crippen LogP contribution in [0.3, 0.4) is 0 Å². The van der Waals surface area contributed by atoms with Crippen LogP contribution < -0.4 is 16.0 Å². The van der Waals surface area contributed by atoms with Crippen molar-refractivity contribution in [3.63, 3.8) is 0 Å². The number of benzene rings is 2. The minimum atomic E-state index is -0.420. The highest BCUT2D eigenvalue weighted by molar-refractivity contribution is 6.33. The monoisotopic (exact) mass is 385 g/mol. The first-order chi connectivity index (χ1) is 13.1. The minimum absolute atomic E-state index is 0.0600. The average Bonchev–Trinajstić information content (AvgIpc) is 2.69. The van der Waals surface area contributed by atoms with Gasteiger partial charge in [0, 0.05) is 6.04 Å². The predicted molar refractivity (Wildman–Crippen MR) is 107 cm³/mol. The predicted octanol–water partition coefficient (Wildman–Crippen LogP) is 3.07. The fourth-order valence-electron chi connectivity index (χ4n) is 3.26. The van der Waals surface area contributed by atoms with Gasteiger partial charge in [-0.05, 0) is 43.6 Å². The van der Waals surface area contributed by atoms with Gasteiger partial charge < -0.3 is 16.0 Å². The van der Waals surface area contributed by atoms with E-state index in [1.165, 1.54) is 0 Å². The number of carbonyl (C=O) groups is 2. The highest BCUT2D eigenvalue weighted by Crippen LogP contribution is 2.20.